The van der Waals surface area contributed by atoms with E-state index in [9.17, 15) is 10.1 Å². The first-order valence-corrected chi connectivity index (χ1v) is 5.12. The van der Waals surface area contributed by atoms with Gasteiger partial charge in [0.05, 0.1) is 0 Å². The van der Waals surface area contributed by atoms with Gasteiger partial charge >= 0.3 is 0 Å². The topological polar surface area (TPSA) is 194 Å². The number of hydrogen-bond acceptors (Lipinski definition) is 9. The van der Waals surface area contributed by atoms with Gasteiger partial charge in [-0.05, 0) is 0 Å². The molecule has 1 fully saturated rings. The molecule has 1 saturated heterocycles. The average molecular weight is 301 g/mol. The molecule has 1 heterocycles. The summed E-state index contributed by atoms with van der Waals surface area (Å²) in [6.07, 6.45) is 0. The van der Waals surface area contributed by atoms with Crippen LogP contribution < -0.4 is 5.32 Å². The third-order valence-electron chi connectivity index (χ3n) is 1.81. The van der Waals surface area contributed by atoms with E-state index in [-0.39, 0.29) is 6.61 Å². The molecule has 0 atom stereocenters. The lowest BCUT2D eigenvalue weighted by atomic mass is 10.4. The predicted octanol–water partition coefficient (Wildman–Crippen LogP) is -1.60. The Morgan fingerprint density at radius 2 is 1.45 bits per heavy atom. The molecule has 0 aliphatic carbocycles. The summed E-state index contributed by atoms with van der Waals surface area (Å²) in [5.41, 5.74) is 0. The number of nitrogens with one attached hydrogen (secondary N) is 1. The van der Waals surface area contributed by atoms with Crippen molar-refractivity contribution in [2.45, 2.75) is 0 Å². The lowest BCUT2D eigenvalue weighted by Crippen LogP contribution is -2.44. The number of hydrogen-bond donors (Lipinski definition) is 3. The summed E-state index contributed by atoms with van der Waals surface area (Å²) in [5, 5.41) is 39.5. The molecule has 0 spiro atoms. The predicted molar refractivity (Wildman–Crippen MR) is 59.8 cm³/mol. The molecule has 1 rings (SSSR count). The van der Waals surface area contributed by atoms with Gasteiger partial charge in [0.2, 0.25) is 0 Å². The Hall–Kier alpha value is -2.48. The molecule has 3 N–H and O–H groups in total. The highest BCUT2D eigenvalue weighted by Gasteiger charge is 2.08. The lowest BCUT2D eigenvalue weighted by Gasteiger charge is -2.26. The number of nitrogens with zero attached hydrogens (tertiary/aromatic N) is 4. The normalized spacial score (nSPS) is 13.8. The summed E-state index contributed by atoms with van der Waals surface area (Å²) in [6, 6.07) is 0. The van der Waals surface area contributed by atoms with Crippen molar-refractivity contribution < 1.29 is 30.5 Å². The van der Waals surface area contributed by atoms with Crippen LogP contribution in [0.25, 0.3) is 0 Å². The maximum atomic E-state index is 9.79. The van der Waals surface area contributed by atoms with Crippen LogP contribution in [0.4, 0.5) is 0 Å². The van der Waals surface area contributed by atoms with Gasteiger partial charge in [-0.2, -0.15) is 0 Å². The van der Waals surface area contributed by atoms with E-state index in [4.69, 9.17) is 30.6 Å². The van der Waals surface area contributed by atoms with Crippen molar-refractivity contribution in [1.82, 2.24) is 10.2 Å². The highest BCUT2D eigenvalue weighted by Crippen LogP contribution is 1.91. The van der Waals surface area contributed by atoms with Crippen molar-refractivity contribution in [3.05, 3.63) is 30.3 Å². The second-order valence-electron chi connectivity index (χ2n) is 3.12. The Balaban J connectivity index is 0. The molecule has 20 heavy (non-hydrogen) atoms. The molecule has 1 aliphatic heterocycles. The molecule has 0 saturated carbocycles. The van der Waals surface area contributed by atoms with Crippen LogP contribution in [0.3, 0.4) is 0 Å². The highest BCUT2D eigenvalue weighted by molar-refractivity contribution is 4.66. The van der Waals surface area contributed by atoms with Gasteiger partial charge in [0.1, 0.15) is 6.61 Å². The largest absolute Gasteiger partial charge is 0.328 e. The van der Waals surface area contributed by atoms with E-state index in [1.807, 2.05) is 0 Å². The molecule has 0 aromatic rings. The smallest absolute Gasteiger partial charge is 0.294 e. The fraction of sp³-hybridized carbons (Fsp3) is 1.00. The van der Waals surface area contributed by atoms with Crippen molar-refractivity contribution in [1.29, 1.82) is 0 Å². The van der Waals surface area contributed by atoms with E-state index in [0.29, 0.717) is 6.54 Å². The van der Waals surface area contributed by atoms with Crippen molar-refractivity contribution >= 4 is 0 Å². The minimum Gasteiger partial charge on any atom is -0.328 e. The molecule has 1 aliphatic rings. The Labute approximate surface area is 111 Å². The molecule has 0 amide bonds. The van der Waals surface area contributed by atoms with E-state index in [0.717, 1.165) is 26.2 Å². The van der Waals surface area contributed by atoms with Gasteiger partial charge < -0.3 is 20.6 Å². The third-order valence-corrected chi connectivity index (χ3v) is 1.81. The van der Waals surface area contributed by atoms with Crippen molar-refractivity contribution in [2.24, 2.45) is 0 Å². The van der Waals surface area contributed by atoms with Gasteiger partial charge in [-0.3, -0.25) is 4.90 Å². The first-order chi connectivity index (χ1) is 9.25. The van der Waals surface area contributed by atoms with Gasteiger partial charge in [-0.25, -0.2) is 0 Å². The van der Waals surface area contributed by atoms with Gasteiger partial charge in [-0.15, -0.1) is 30.3 Å². The maximum Gasteiger partial charge on any atom is 0.294 e. The summed E-state index contributed by atoms with van der Waals surface area (Å²) in [5.74, 6) is 0. The van der Waals surface area contributed by atoms with E-state index in [2.05, 4.69) is 15.1 Å². The van der Waals surface area contributed by atoms with E-state index in [1.165, 1.54) is 0 Å². The average Bonchev–Trinajstić information content (AvgIpc) is 2.28. The van der Waals surface area contributed by atoms with Crippen molar-refractivity contribution in [3.8, 4) is 0 Å². The third kappa shape index (κ3) is 24.7. The van der Waals surface area contributed by atoms with Crippen molar-refractivity contribution in [3.63, 3.8) is 0 Å². The van der Waals surface area contributed by atoms with Crippen LogP contribution in [0, 0.1) is 30.3 Å². The van der Waals surface area contributed by atoms with Crippen LogP contribution >= 0.6 is 0 Å². The minimum atomic E-state index is -1.50. The second kappa shape index (κ2) is 13.0. The molecule has 0 bridgehead atoms. The monoisotopic (exact) mass is 301 g/mol. The quantitative estimate of drug-likeness (QED) is 0.399. The molecule has 0 unspecified atom stereocenters. The number of rotatable bonds is 4. The van der Waals surface area contributed by atoms with E-state index < -0.39 is 15.3 Å². The first-order valence-electron chi connectivity index (χ1n) is 5.12. The zero-order chi connectivity index (χ0) is 16.0. The van der Waals surface area contributed by atoms with E-state index >= 15 is 0 Å². The van der Waals surface area contributed by atoms with Crippen molar-refractivity contribution in [2.75, 3.05) is 39.3 Å². The van der Waals surface area contributed by atoms with Gasteiger partial charge in [0.15, 0.2) is 0 Å². The van der Waals surface area contributed by atoms with Gasteiger partial charge in [-0.1, -0.05) is 0 Å². The van der Waals surface area contributed by atoms with Crippen LogP contribution in [0.15, 0.2) is 0 Å². The second-order valence-corrected chi connectivity index (χ2v) is 3.12. The molecule has 14 heteroatoms. The fourth-order valence-electron chi connectivity index (χ4n) is 1.18. The summed E-state index contributed by atoms with van der Waals surface area (Å²) >= 11 is 0. The zero-order valence-corrected chi connectivity index (χ0v) is 10.3. The minimum absolute atomic E-state index is 0.174. The molecule has 14 nitrogen and oxygen atoms in total. The van der Waals surface area contributed by atoms with Crippen LogP contribution in [0.1, 0.15) is 0 Å². The SMILES string of the molecule is O=[N+]([O-])O.O=[N+]([O-])O.O=[N+]([O-])OCCN1CCNCC1. The van der Waals surface area contributed by atoms with Crippen LogP contribution in [0.2, 0.25) is 0 Å². The summed E-state index contributed by atoms with van der Waals surface area (Å²) in [4.78, 5) is 32.9. The zero-order valence-electron chi connectivity index (χ0n) is 10.3. The summed E-state index contributed by atoms with van der Waals surface area (Å²) in [7, 11) is 0. The first kappa shape index (κ1) is 19.9. The lowest BCUT2D eigenvalue weighted by molar-refractivity contribution is -0.757. The highest BCUT2D eigenvalue weighted by atomic mass is 16.9. The number of piperazine rings is 1. The molecule has 118 valence electrons. The fourth-order valence-corrected chi connectivity index (χ4v) is 1.18. The molecular formula is C6H15N5O9. The molecular weight excluding hydrogens is 286 g/mol. The Morgan fingerprint density at radius 1 is 1.05 bits per heavy atom. The van der Waals surface area contributed by atoms with Crippen LogP contribution in [0.5, 0.6) is 0 Å². The standard InChI is InChI=1S/C6H13N3O3.2HNO3/c10-9(11)12-6-5-8-3-1-7-2-4-8;2*2-1(3)4/h7H,1-6H2;2*(H,2,3,4). The van der Waals surface area contributed by atoms with Crippen LogP contribution in [-0.2, 0) is 4.84 Å². The molecule has 0 aromatic carbocycles. The summed E-state index contributed by atoms with van der Waals surface area (Å²) in [6.45, 7) is 4.62. The molecule has 0 aromatic heterocycles. The van der Waals surface area contributed by atoms with E-state index in [1.54, 1.807) is 0 Å². The summed E-state index contributed by atoms with van der Waals surface area (Å²) < 4.78 is 0. The Morgan fingerprint density at radius 3 is 1.80 bits per heavy atom. The van der Waals surface area contributed by atoms with Gasteiger partial charge in [0.25, 0.3) is 15.3 Å². The maximum absolute atomic E-state index is 9.79. The Bertz CT molecular complexity index is 275. The molecule has 0 radical (unpaired) electrons. The van der Waals surface area contributed by atoms with Gasteiger partial charge in [0, 0.05) is 32.7 Å². The Kier molecular flexibility index (Phi) is 12.9. The van der Waals surface area contributed by atoms with Crippen LogP contribution in [-0.4, -0.2) is 69.9 Å².